The van der Waals surface area contributed by atoms with Gasteiger partial charge in [-0.05, 0) is 48.4 Å². The van der Waals surface area contributed by atoms with Crippen molar-refractivity contribution in [2.45, 2.75) is 6.92 Å². The summed E-state index contributed by atoms with van der Waals surface area (Å²) in [5, 5.41) is 15.9. The van der Waals surface area contributed by atoms with Crippen LogP contribution in [0, 0.1) is 6.92 Å². The molecule has 3 N–H and O–H groups in total. The quantitative estimate of drug-likeness (QED) is 0.298. The standard InChI is InChI=1S/C22H19ClN2O2S/c1-14-6-2-3-7-16(14)22(28)17-11-10-15(12-18(17)23)24-13-21(27)25-19-8-4-5-9-20(19)26/h2-12,24,26H,13H2,1H3,(H,25,27). The predicted molar refractivity (Wildman–Crippen MR) is 119 cm³/mol. The normalized spacial score (nSPS) is 10.4. The molecule has 0 aliphatic heterocycles. The van der Waals surface area contributed by atoms with Gasteiger partial charge < -0.3 is 15.7 Å². The van der Waals surface area contributed by atoms with Crippen LogP contribution in [-0.2, 0) is 4.79 Å². The summed E-state index contributed by atoms with van der Waals surface area (Å²) >= 11 is 12.0. The maximum Gasteiger partial charge on any atom is 0.243 e. The maximum atomic E-state index is 12.1. The van der Waals surface area contributed by atoms with Gasteiger partial charge in [-0.25, -0.2) is 0 Å². The lowest BCUT2D eigenvalue weighted by Gasteiger charge is -2.12. The highest BCUT2D eigenvalue weighted by Crippen LogP contribution is 2.26. The highest BCUT2D eigenvalue weighted by atomic mass is 35.5. The molecule has 3 rings (SSSR count). The number of hydrogen-bond acceptors (Lipinski definition) is 4. The van der Waals surface area contributed by atoms with E-state index in [1.54, 1.807) is 24.3 Å². The first-order chi connectivity index (χ1) is 13.5. The first-order valence-corrected chi connectivity index (χ1v) is 9.46. The molecule has 0 aliphatic carbocycles. The van der Waals surface area contributed by atoms with Crippen LogP contribution < -0.4 is 10.6 Å². The lowest BCUT2D eigenvalue weighted by molar-refractivity contribution is -0.114. The van der Waals surface area contributed by atoms with Crippen LogP contribution in [0.25, 0.3) is 0 Å². The summed E-state index contributed by atoms with van der Waals surface area (Å²) in [4.78, 5) is 12.8. The highest BCUT2D eigenvalue weighted by Gasteiger charge is 2.12. The van der Waals surface area contributed by atoms with Crippen LogP contribution in [0.4, 0.5) is 11.4 Å². The minimum absolute atomic E-state index is 0.0213. The zero-order chi connectivity index (χ0) is 20.1. The molecule has 0 aromatic heterocycles. The van der Waals surface area contributed by atoms with Crippen molar-refractivity contribution < 1.29 is 9.90 Å². The molecule has 0 fully saturated rings. The smallest absolute Gasteiger partial charge is 0.243 e. The Labute approximate surface area is 174 Å². The second-order valence-electron chi connectivity index (χ2n) is 6.26. The molecule has 6 heteroatoms. The van der Waals surface area contributed by atoms with Crippen molar-refractivity contribution in [2.24, 2.45) is 0 Å². The number of carbonyl (C=O) groups excluding carboxylic acids is 1. The van der Waals surface area contributed by atoms with Gasteiger partial charge in [-0.15, -0.1) is 0 Å². The van der Waals surface area contributed by atoms with Gasteiger partial charge in [0.05, 0.1) is 22.1 Å². The lowest BCUT2D eigenvalue weighted by Crippen LogP contribution is -2.21. The van der Waals surface area contributed by atoms with E-state index in [-0.39, 0.29) is 18.2 Å². The molecule has 1 amide bonds. The fourth-order valence-electron chi connectivity index (χ4n) is 2.74. The number of carbonyl (C=O) groups is 1. The Hall–Kier alpha value is -2.89. The van der Waals surface area contributed by atoms with Crippen LogP contribution in [-0.4, -0.2) is 22.4 Å². The molecule has 142 valence electrons. The zero-order valence-corrected chi connectivity index (χ0v) is 16.8. The van der Waals surface area contributed by atoms with Crippen molar-refractivity contribution in [3.8, 4) is 5.75 Å². The van der Waals surface area contributed by atoms with E-state index in [9.17, 15) is 9.90 Å². The molecule has 0 spiro atoms. The fraction of sp³-hybridized carbons (Fsp3) is 0.0909. The van der Waals surface area contributed by atoms with E-state index in [1.165, 1.54) is 6.07 Å². The molecule has 0 bridgehead atoms. The number of thiocarbonyl (C=S) groups is 1. The van der Waals surface area contributed by atoms with Gasteiger partial charge in [-0.1, -0.05) is 60.2 Å². The topological polar surface area (TPSA) is 61.4 Å². The predicted octanol–water partition coefficient (Wildman–Crippen LogP) is 5.17. The van der Waals surface area contributed by atoms with Crippen LogP contribution >= 0.6 is 23.8 Å². The number of phenols is 1. The molecule has 3 aromatic rings. The summed E-state index contributed by atoms with van der Waals surface area (Å²) in [5.41, 5.74) is 3.91. The lowest BCUT2D eigenvalue weighted by atomic mass is 10.00. The highest BCUT2D eigenvalue weighted by molar-refractivity contribution is 7.81. The van der Waals surface area contributed by atoms with Crippen LogP contribution in [0.1, 0.15) is 16.7 Å². The number of amides is 1. The van der Waals surface area contributed by atoms with E-state index in [4.69, 9.17) is 23.8 Å². The Morgan fingerprint density at radius 3 is 2.46 bits per heavy atom. The Balaban J connectivity index is 1.66. The molecule has 0 heterocycles. The number of anilines is 2. The minimum atomic E-state index is -0.280. The van der Waals surface area contributed by atoms with Gasteiger partial charge in [-0.3, -0.25) is 4.79 Å². The number of halogens is 1. The van der Waals surface area contributed by atoms with Crippen molar-refractivity contribution in [1.29, 1.82) is 0 Å². The molecule has 3 aromatic carbocycles. The molecule has 0 radical (unpaired) electrons. The molecule has 0 unspecified atom stereocenters. The summed E-state index contributed by atoms with van der Waals surface area (Å²) in [6.07, 6.45) is 0. The van der Waals surface area contributed by atoms with Crippen molar-refractivity contribution in [2.75, 3.05) is 17.2 Å². The number of nitrogens with one attached hydrogen (secondary N) is 2. The summed E-state index contributed by atoms with van der Waals surface area (Å²) in [6.45, 7) is 2.04. The monoisotopic (exact) mass is 410 g/mol. The molecule has 0 atom stereocenters. The van der Waals surface area contributed by atoms with E-state index >= 15 is 0 Å². The average Bonchev–Trinajstić information content (AvgIpc) is 2.68. The van der Waals surface area contributed by atoms with Crippen LogP contribution in [0.15, 0.2) is 66.7 Å². The van der Waals surface area contributed by atoms with E-state index < -0.39 is 0 Å². The molecule has 0 aliphatic rings. The number of benzene rings is 3. The van der Waals surface area contributed by atoms with Gasteiger partial charge in [0, 0.05) is 11.3 Å². The number of rotatable bonds is 6. The van der Waals surface area contributed by atoms with E-state index in [1.807, 2.05) is 43.3 Å². The third kappa shape index (κ3) is 4.68. The van der Waals surface area contributed by atoms with Crippen LogP contribution in [0.2, 0.25) is 5.02 Å². The minimum Gasteiger partial charge on any atom is -0.506 e. The van der Waals surface area contributed by atoms with Crippen LogP contribution in [0.3, 0.4) is 0 Å². The third-order valence-electron chi connectivity index (χ3n) is 4.23. The van der Waals surface area contributed by atoms with Gasteiger partial charge in [0.1, 0.15) is 5.75 Å². The van der Waals surface area contributed by atoms with Gasteiger partial charge in [0.2, 0.25) is 5.91 Å². The molecular formula is C22H19ClN2O2S. The van der Waals surface area contributed by atoms with E-state index in [2.05, 4.69) is 10.6 Å². The summed E-state index contributed by atoms with van der Waals surface area (Å²) in [7, 11) is 0. The van der Waals surface area contributed by atoms with Crippen molar-refractivity contribution in [3.05, 3.63) is 88.4 Å². The third-order valence-corrected chi connectivity index (χ3v) is 4.99. The zero-order valence-electron chi connectivity index (χ0n) is 15.2. The number of hydrogen-bond donors (Lipinski definition) is 3. The van der Waals surface area contributed by atoms with Gasteiger partial charge in [-0.2, -0.15) is 0 Å². The maximum absolute atomic E-state index is 12.1. The fourth-order valence-corrected chi connectivity index (χ4v) is 3.48. The number of aryl methyl sites for hydroxylation is 1. The van der Waals surface area contributed by atoms with Gasteiger partial charge in [0.15, 0.2) is 0 Å². The molecule has 28 heavy (non-hydrogen) atoms. The average molecular weight is 411 g/mol. The summed E-state index contributed by atoms with van der Waals surface area (Å²) < 4.78 is 0. The number of para-hydroxylation sites is 2. The largest absolute Gasteiger partial charge is 0.506 e. The number of aromatic hydroxyl groups is 1. The number of phenolic OH excluding ortho intramolecular Hbond substituents is 1. The van der Waals surface area contributed by atoms with Crippen molar-refractivity contribution in [3.63, 3.8) is 0 Å². The second-order valence-corrected chi connectivity index (χ2v) is 7.07. The Kier molecular flexibility index (Phi) is 6.29. The van der Waals surface area contributed by atoms with Gasteiger partial charge >= 0.3 is 0 Å². The van der Waals surface area contributed by atoms with Gasteiger partial charge in [0.25, 0.3) is 0 Å². The first kappa shape index (κ1) is 19.9. The van der Waals surface area contributed by atoms with E-state index in [0.717, 1.165) is 16.7 Å². The molecule has 0 saturated heterocycles. The Morgan fingerprint density at radius 1 is 1.04 bits per heavy atom. The van der Waals surface area contributed by atoms with Crippen LogP contribution in [0.5, 0.6) is 5.75 Å². The van der Waals surface area contributed by atoms with Crippen molar-refractivity contribution in [1.82, 2.24) is 0 Å². The van der Waals surface area contributed by atoms with E-state index in [0.29, 0.717) is 21.3 Å². The van der Waals surface area contributed by atoms with Crippen molar-refractivity contribution >= 4 is 46.0 Å². The first-order valence-electron chi connectivity index (χ1n) is 8.67. The molecule has 0 saturated carbocycles. The summed E-state index contributed by atoms with van der Waals surface area (Å²) in [6, 6.07) is 19.9. The Bertz CT molecular complexity index is 1040. The summed E-state index contributed by atoms with van der Waals surface area (Å²) in [5.74, 6) is -0.259. The SMILES string of the molecule is Cc1ccccc1C(=S)c1ccc(NCC(=O)Nc2ccccc2O)cc1Cl. The second kappa shape index (κ2) is 8.87. The molecular weight excluding hydrogens is 392 g/mol. The molecule has 4 nitrogen and oxygen atoms in total. The Morgan fingerprint density at radius 2 is 1.75 bits per heavy atom.